The van der Waals surface area contributed by atoms with Gasteiger partial charge in [-0.15, -0.1) is 0 Å². The molecule has 0 saturated carbocycles. The minimum atomic E-state index is -0.809. The third-order valence-electron chi connectivity index (χ3n) is 3.82. The fourth-order valence-corrected chi connectivity index (χ4v) is 3.22. The maximum Gasteiger partial charge on any atom is 0.335 e. The number of amides is 4. The Morgan fingerprint density at radius 1 is 1.11 bits per heavy atom. The quantitative estimate of drug-likeness (QED) is 0.533. The second-order valence-electron chi connectivity index (χ2n) is 6.29. The van der Waals surface area contributed by atoms with Crippen LogP contribution in [0.25, 0.3) is 6.08 Å². The summed E-state index contributed by atoms with van der Waals surface area (Å²) >= 11 is 9.28. The Balaban J connectivity index is 1.95. The fraction of sp³-hybridized carbons (Fsp3) is 0.150. The van der Waals surface area contributed by atoms with Crippen LogP contribution in [0.5, 0.6) is 5.75 Å². The van der Waals surface area contributed by atoms with E-state index in [1.165, 1.54) is 18.2 Å². The predicted octanol–water partition coefficient (Wildman–Crippen LogP) is 4.56. The predicted molar refractivity (Wildman–Crippen MR) is 110 cm³/mol. The zero-order valence-corrected chi connectivity index (χ0v) is 17.4. The van der Waals surface area contributed by atoms with E-state index in [2.05, 4.69) is 21.2 Å². The summed E-state index contributed by atoms with van der Waals surface area (Å²) in [4.78, 5) is 38.2. The molecule has 1 aliphatic rings. The van der Waals surface area contributed by atoms with Crippen LogP contribution in [0.15, 0.2) is 52.5 Å². The molecule has 1 N–H and O–H groups in total. The molecule has 0 aromatic heterocycles. The number of halogens is 2. The van der Waals surface area contributed by atoms with E-state index in [-0.39, 0.29) is 11.7 Å². The summed E-state index contributed by atoms with van der Waals surface area (Å²) in [6.45, 7) is 3.82. The number of nitrogens with zero attached hydrogens (tertiary/aromatic N) is 1. The third kappa shape index (κ3) is 4.26. The average Bonchev–Trinajstić information content (AvgIpc) is 2.62. The maximum atomic E-state index is 12.8. The van der Waals surface area contributed by atoms with Gasteiger partial charge in [-0.05, 0) is 77.8 Å². The van der Waals surface area contributed by atoms with Gasteiger partial charge in [0.25, 0.3) is 11.8 Å². The SMILES string of the molecule is CC(C)Oc1ccc(/C=C2\C(=O)NC(=O)N(c3ccc(Cl)cc3)C2=O)cc1Br. The Hall–Kier alpha value is -2.64. The molecule has 1 heterocycles. The average molecular weight is 464 g/mol. The molecule has 144 valence electrons. The van der Waals surface area contributed by atoms with Crippen molar-refractivity contribution in [3.8, 4) is 5.75 Å². The minimum Gasteiger partial charge on any atom is -0.490 e. The van der Waals surface area contributed by atoms with Crippen LogP contribution in [0.1, 0.15) is 19.4 Å². The molecule has 2 aromatic rings. The summed E-state index contributed by atoms with van der Waals surface area (Å²) in [5, 5.41) is 2.65. The third-order valence-corrected chi connectivity index (χ3v) is 4.69. The van der Waals surface area contributed by atoms with E-state index in [9.17, 15) is 14.4 Å². The van der Waals surface area contributed by atoms with E-state index in [0.717, 1.165) is 4.90 Å². The summed E-state index contributed by atoms with van der Waals surface area (Å²) in [5.41, 5.74) is 0.762. The highest BCUT2D eigenvalue weighted by atomic mass is 79.9. The van der Waals surface area contributed by atoms with Gasteiger partial charge in [-0.25, -0.2) is 9.69 Å². The molecule has 1 saturated heterocycles. The van der Waals surface area contributed by atoms with Gasteiger partial charge in [0.05, 0.1) is 16.3 Å². The Labute approximate surface area is 175 Å². The number of barbiturate groups is 1. The molecule has 6 nitrogen and oxygen atoms in total. The van der Waals surface area contributed by atoms with Gasteiger partial charge in [0.2, 0.25) is 0 Å². The summed E-state index contributed by atoms with van der Waals surface area (Å²) in [5.74, 6) is -0.817. The van der Waals surface area contributed by atoms with Gasteiger partial charge in [-0.3, -0.25) is 14.9 Å². The molecular formula is C20H16BrClN2O4. The zero-order valence-electron chi connectivity index (χ0n) is 15.0. The number of ether oxygens (including phenoxy) is 1. The lowest BCUT2D eigenvalue weighted by Crippen LogP contribution is -2.54. The van der Waals surface area contributed by atoms with Crippen molar-refractivity contribution < 1.29 is 19.1 Å². The molecule has 0 atom stereocenters. The largest absolute Gasteiger partial charge is 0.490 e. The van der Waals surface area contributed by atoms with Crippen LogP contribution in [0, 0.1) is 0 Å². The van der Waals surface area contributed by atoms with Crippen molar-refractivity contribution in [2.45, 2.75) is 20.0 Å². The van der Waals surface area contributed by atoms with Crippen molar-refractivity contribution in [2.24, 2.45) is 0 Å². The Morgan fingerprint density at radius 2 is 1.79 bits per heavy atom. The number of imide groups is 2. The topological polar surface area (TPSA) is 75.7 Å². The highest BCUT2D eigenvalue weighted by Gasteiger charge is 2.36. The molecule has 0 spiro atoms. The molecule has 1 aliphatic heterocycles. The second kappa shape index (κ2) is 8.16. The van der Waals surface area contributed by atoms with Crippen LogP contribution in [0.4, 0.5) is 10.5 Å². The van der Waals surface area contributed by atoms with Crippen LogP contribution in [-0.4, -0.2) is 23.9 Å². The zero-order chi connectivity index (χ0) is 20.4. The summed E-state index contributed by atoms with van der Waals surface area (Å²) in [6, 6.07) is 10.6. The highest BCUT2D eigenvalue weighted by Crippen LogP contribution is 2.29. The number of anilines is 1. The summed E-state index contributed by atoms with van der Waals surface area (Å²) in [7, 11) is 0. The van der Waals surface area contributed by atoms with Crippen molar-refractivity contribution in [1.29, 1.82) is 0 Å². The van der Waals surface area contributed by atoms with Crippen LogP contribution in [0.2, 0.25) is 5.02 Å². The van der Waals surface area contributed by atoms with Gasteiger partial charge in [0.1, 0.15) is 11.3 Å². The Kier molecular flexibility index (Phi) is 5.86. The smallest absolute Gasteiger partial charge is 0.335 e. The van der Waals surface area contributed by atoms with E-state index in [1.807, 2.05) is 13.8 Å². The Bertz CT molecular complexity index is 986. The number of rotatable bonds is 4. The Morgan fingerprint density at radius 3 is 2.39 bits per heavy atom. The van der Waals surface area contributed by atoms with Crippen molar-refractivity contribution in [2.75, 3.05) is 4.90 Å². The number of urea groups is 1. The normalized spacial score (nSPS) is 16.0. The van der Waals surface area contributed by atoms with Crippen molar-refractivity contribution in [3.63, 3.8) is 0 Å². The molecular weight excluding hydrogens is 448 g/mol. The molecule has 28 heavy (non-hydrogen) atoms. The van der Waals surface area contributed by atoms with E-state index in [0.29, 0.717) is 26.5 Å². The van der Waals surface area contributed by atoms with Crippen molar-refractivity contribution in [1.82, 2.24) is 5.32 Å². The van der Waals surface area contributed by atoms with Gasteiger partial charge in [-0.2, -0.15) is 0 Å². The van der Waals surface area contributed by atoms with Crippen LogP contribution in [-0.2, 0) is 9.59 Å². The molecule has 1 fully saturated rings. The van der Waals surface area contributed by atoms with Gasteiger partial charge in [0.15, 0.2) is 0 Å². The number of carbonyl (C=O) groups is 3. The minimum absolute atomic E-state index is 0.00477. The first kappa shape index (κ1) is 20.1. The van der Waals surface area contributed by atoms with Gasteiger partial charge in [-0.1, -0.05) is 17.7 Å². The second-order valence-corrected chi connectivity index (χ2v) is 7.58. The molecule has 8 heteroatoms. The molecule has 3 rings (SSSR count). The monoisotopic (exact) mass is 462 g/mol. The number of nitrogens with one attached hydrogen (secondary N) is 1. The number of hydrogen-bond acceptors (Lipinski definition) is 4. The molecule has 0 aliphatic carbocycles. The first-order valence-corrected chi connectivity index (χ1v) is 9.56. The molecule has 0 unspecified atom stereocenters. The highest BCUT2D eigenvalue weighted by molar-refractivity contribution is 9.10. The summed E-state index contributed by atoms with van der Waals surface area (Å²) < 4.78 is 6.34. The standard InChI is InChI=1S/C20H16BrClN2O4/c1-11(2)28-17-8-3-12(10-16(17)21)9-15-18(25)23-20(27)24(19(15)26)14-6-4-13(22)5-7-14/h3-11H,1-2H3,(H,23,25,27)/b15-9+. The van der Waals surface area contributed by atoms with Gasteiger partial charge < -0.3 is 4.74 Å². The van der Waals surface area contributed by atoms with E-state index >= 15 is 0 Å². The molecule has 4 amide bonds. The van der Waals surface area contributed by atoms with Crippen LogP contribution in [0.3, 0.4) is 0 Å². The molecule has 2 aromatic carbocycles. The van der Waals surface area contributed by atoms with Gasteiger partial charge >= 0.3 is 6.03 Å². The fourth-order valence-electron chi connectivity index (χ4n) is 2.61. The van der Waals surface area contributed by atoms with E-state index in [1.54, 1.807) is 30.3 Å². The molecule has 0 bridgehead atoms. The first-order chi connectivity index (χ1) is 13.3. The van der Waals surface area contributed by atoms with E-state index in [4.69, 9.17) is 16.3 Å². The molecule has 0 radical (unpaired) electrons. The van der Waals surface area contributed by atoms with Crippen molar-refractivity contribution >= 4 is 57.1 Å². The first-order valence-electron chi connectivity index (χ1n) is 8.39. The lowest BCUT2D eigenvalue weighted by molar-refractivity contribution is -0.122. The maximum absolute atomic E-state index is 12.8. The lowest BCUT2D eigenvalue weighted by Gasteiger charge is -2.26. The van der Waals surface area contributed by atoms with Crippen LogP contribution >= 0.6 is 27.5 Å². The van der Waals surface area contributed by atoms with Crippen LogP contribution < -0.4 is 15.0 Å². The van der Waals surface area contributed by atoms with Gasteiger partial charge in [0, 0.05) is 5.02 Å². The lowest BCUT2D eigenvalue weighted by atomic mass is 10.1. The van der Waals surface area contributed by atoms with E-state index < -0.39 is 17.8 Å². The number of hydrogen-bond donors (Lipinski definition) is 1. The number of benzene rings is 2. The number of carbonyl (C=O) groups excluding carboxylic acids is 3. The van der Waals surface area contributed by atoms with Crippen molar-refractivity contribution in [3.05, 3.63) is 63.1 Å². The summed E-state index contributed by atoms with van der Waals surface area (Å²) in [6.07, 6.45) is 1.43.